The molecule has 4 nitrogen and oxygen atoms in total. The van der Waals surface area contributed by atoms with E-state index in [-0.39, 0.29) is 23.6 Å². The summed E-state index contributed by atoms with van der Waals surface area (Å²) >= 11 is 7.70. The molecule has 1 fully saturated rings. The van der Waals surface area contributed by atoms with E-state index in [2.05, 4.69) is 36.9 Å². The third-order valence-electron chi connectivity index (χ3n) is 5.42. The summed E-state index contributed by atoms with van der Waals surface area (Å²) < 4.78 is 24.2. The van der Waals surface area contributed by atoms with Crippen molar-refractivity contribution < 1.29 is 8.42 Å². The number of sulfone groups is 1. The Morgan fingerprint density at radius 3 is 2.50 bits per heavy atom. The number of halogens is 1. The van der Waals surface area contributed by atoms with Crippen molar-refractivity contribution in [3.8, 4) is 0 Å². The summed E-state index contributed by atoms with van der Waals surface area (Å²) in [7, 11) is -3.02. The summed E-state index contributed by atoms with van der Waals surface area (Å²) in [6.45, 7) is 4.88. The quantitative estimate of drug-likeness (QED) is 0.722. The first-order chi connectivity index (χ1) is 13.3. The third kappa shape index (κ3) is 4.24. The molecular formula is C21H23ClN2O2S2. The Morgan fingerprint density at radius 2 is 1.79 bits per heavy atom. The van der Waals surface area contributed by atoms with Crippen LogP contribution in [-0.4, -0.2) is 42.1 Å². The van der Waals surface area contributed by atoms with E-state index in [1.807, 2.05) is 24.3 Å². The second-order valence-electron chi connectivity index (χ2n) is 7.58. The van der Waals surface area contributed by atoms with Crippen LogP contribution in [0, 0.1) is 13.8 Å². The highest BCUT2D eigenvalue weighted by molar-refractivity contribution is 8.13. The van der Waals surface area contributed by atoms with Gasteiger partial charge in [0.25, 0.3) is 0 Å². The molecule has 2 aromatic rings. The molecule has 2 aliphatic heterocycles. The van der Waals surface area contributed by atoms with Crippen molar-refractivity contribution in [2.45, 2.75) is 38.2 Å². The zero-order valence-electron chi connectivity index (χ0n) is 15.9. The number of fused-ring (bicyclic) bond motifs is 1. The minimum Gasteiger partial charge on any atom is -0.341 e. The number of thioether (sulfide) groups is 1. The van der Waals surface area contributed by atoms with Gasteiger partial charge in [0.1, 0.15) is 0 Å². The molecule has 0 saturated carbocycles. The summed E-state index contributed by atoms with van der Waals surface area (Å²) in [5.74, 6) is 1.16. The average Bonchev–Trinajstić information content (AvgIpc) is 3.10. The normalized spacial score (nSPS) is 23.0. The van der Waals surface area contributed by atoms with Crippen molar-refractivity contribution in [1.82, 2.24) is 4.90 Å². The Balaban J connectivity index is 1.54. The van der Waals surface area contributed by atoms with Crippen LogP contribution in [0.2, 0.25) is 5.02 Å². The Morgan fingerprint density at radius 1 is 1.07 bits per heavy atom. The maximum Gasteiger partial charge on any atom is 0.160 e. The molecule has 0 spiro atoms. The van der Waals surface area contributed by atoms with Crippen LogP contribution in [0.25, 0.3) is 0 Å². The number of aryl methyl sites for hydroxylation is 2. The van der Waals surface area contributed by atoms with E-state index in [1.54, 1.807) is 11.8 Å². The van der Waals surface area contributed by atoms with Gasteiger partial charge in [0.05, 0.1) is 23.6 Å². The van der Waals surface area contributed by atoms with Crippen LogP contribution in [0.4, 0.5) is 0 Å². The Bertz CT molecular complexity index is 1020. The van der Waals surface area contributed by atoms with Crippen LogP contribution >= 0.6 is 23.4 Å². The highest BCUT2D eigenvalue weighted by Gasteiger charge is 2.46. The van der Waals surface area contributed by atoms with E-state index in [0.717, 1.165) is 16.5 Å². The summed E-state index contributed by atoms with van der Waals surface area (Å²) in [5, 5.41) is 1.64. The molecule has 0 unspecified atom stereocenters. The van der Waals surface area contributed by atoms with Crippen molar-refractivity contribution in [3.05, 3.63) is 69.7 Å². The van der Waals surface area contributed by atoms with Gasteiger partial charge in [-0.1, -0.05) is 53.7 Å². The van der Waals surface area contributed by atoms with Crippen molar-refractivity contribution in [1.29, 1.82) is 0 Å². The fourth-order valence-electron chi connectivity index (χ4n) is 3.72. The fraction of sp³-hybridized carbons (Fsp3) is 0.381. The van der Waals surface area contributed by atoms with E-state index in [9.17, 15) is 8.42 Å². The molecule has 2 atom stereocenters. The zero-order valence-corrected chi connectivity index (χ0v) is 18.3. The molecule has 0 amide bonds. The largest absolute Gasteiger partial charge is 0.341 e. The Hall–Kier alpha value is -1.50. The van der Waals surface area contributed by atoms with Crippen molar-refractivity contribution in [3.63, 3.8) is 0 Å². The predicted octanol–water partition coefficient (Wildman–Crippen LogP) is 4.23. The molecule has 2 aliphatic rings. The Kier molecular flexibility index (Phi) is 5.47. The molecule has 7 heteroatoms. The second kappa shape index (κ2) is 7.73. The fourth-order valence-corrected chi connectivity index (χ4v) is 6.77. The lowest BCUT2D eigenvalue weighted by molar-refractivity contribution is 0.343. The second-order valence-corrected chi connectivity index (χ2v) is 11.1. The highest BCUT2D eigenvalue weighted by atomic mass is 35.5. The van der Waals surface area contributed by atoms with Gasteiger partial charge in [0.2, 0.25) is 0 Å². The minimum atomic E-state index is -3.02. The van der Waals surface area contributed by atoms with E-state index >= 15 is 0 Å². The minimum absolute atomic E-state index is 0.0667. The topological polar surface area (TPSA) is 49.7 Å². The smallest absolute Gasteiger partial charge is 0.160 e. The molecule has 4 rings (SSSR count). The van der Waals surface area contributed by atoms with Crippen LogP contribution in [0.5, 0.6) is 0 Å². The SMILES string of the molecule is Cc1ccc(CSC2=N[C@@H]3CS(=O)(=O)C[C@@H]3N2Cc2ccc(Cl)cc2)cc1C. The molecule has 148 valence electrons. The van der Waals surface area contributed by atoms with Crippen molar-refractivity contribution >= 4 is 38.4 Å². The standard InChI is InChI=1S/C21H23ClN2O2S2/c1-14-3-4-17(9-15(14)2)11-27-21-23-19-12-28(25,26)13-20(19)24(21)10-16-5-7-18(22)8-6-16/h3-9,19-20H,10-13H2,1-2H3/t19-,20+/m1/s1. The molecular weight excluding hydrogens is 412 g/mol. The number of hydrogen-bond donors (Lipinski definition) is 0. The first-order valence-electron chi connectivity index (χ1n) is 9.29. The highest BCUT2D eigenvalue weighted by Crippen LogP contribution is 2.33. The maximum atomic E-state index is 12.1. The van der Waals surface area contributed by atoms with Crippen molar-refractivity contribution in [2.24, 2.45) is 4.99 Å². The van der Waals surface area contributed by atoms with Gasteiger partial charge in [-0.05, 0) is 48.2 Å². The van der Waals surface area contributed by atoms with Gasteiger partial charge in [0.15, 0.2) is 15.0 Å². The number of benzene rings is 2. The average molecular weight is 435 g/mol. The van der Waals surface area contributed by atoms with Gasteiger partial charge in [-0.15, -0.1) is 0 Å². The molecule has 2 heterocycles. The molecule has 0 bridgehead atoms. The summed E-state index contributed by atoms with van der Waals surface area (Å²) in [4.78, 5) is 6.97. The monoisotopic (exact) mass is 434 g/mol. The van der Waals surface area contributed by atoms with Gasteiger partial charge >= 0.3 is 0 Å². The number of hydrogen-bond acceptors (Lipinski definition) is 5. The van der Waals surface area contributed by atoms with Gasteiger partial charge < -0.3 is 4.90 Å². The van der Waals surface area contributed by atoms with Crippen LogP contribution in [0.1, 0.15) is 22.3 Å². The number of nitrogens with zero attached hydrogens (tertiary/aromatic N) is 2. The van der Waals surface area contributed by atoms with Crippen LogP contribution in [0.15, 0.2) is 47.5 Å². The Labute approximate surface area is 175 Å². The molecule has 28 heavy (non-hydrogen) atoms. The first kappa shape index (κ1) is 19.8. The third-order valence-corrected chi connectivity index (χ3v) is 8.45. The van der Waals surface area contributed by atoms with E-state index in [4.69, 9.17) is 16.6 Å². The lowest BCUT2D eigenvalue weighted by Crippen LogP contribution is -2.38. The lowest BCUT2D eigenvalue weighted by atomic mass is 10.1. The van der Waals surface area contributed by atoms with Gasteiger partial charge in [-0.25, -0.2) is 8.42 Å². The molecule has 2 aromatic carbocycles. The number of aliphatic imine (C=N–C) groups is 1. The molecule has 0 aromatic heterocycles. The molecule has 0 aliphatic carbocycles. The van der Waals surface area contributed by atoms with E-state index in [1.165, 1.54) is 16.7 Å². The van der Waals surface area contributed by atoms with Crippen molar-refractivity contribution in [2.75, 3.05) is 11.5 Å². The maximum absolute atomic E-state index is 12.1. The summed E-state index contributed by atoms with van der Waals surface area (Å²) in [6.07, 6.45) is 0. The van der Waals surface area contributed by atoms with Gasteiger partial charge in [-0.3, -0.25) is 4.99 Å². The molecule has 0 N–H and O–H groups in total. The van der Waals surface area contributed by atoms with Gasteiger partial charge in [-0.2, -0.15) is 0 Å². The van der Waals surface area contributed by atoms with Crippen LogP contribution in [-0.2, 0) is 22.1 Å². The molecule has 0 radical (unpaired) electrons. The van der Waals surface area contributed by atoms with Crippen LogP contribution < -0.4 is 0 Å². The van der Waals surface area contributed by atoms with Crippen LogP contribution in [0.3, 0.4) is 0 Å². The number of rotatable bonds is 4. The zero-order chi connectivity index (χ0) is 19.9. The predicted molar refractivity (Wildman–Crippen MR) is 118 cm³/mol. The van der Waals surface area contributed by atoms with E-state index in [0.29, 0.717) is 11.6 Å². The summed E-state index contributed by atoms with van der Waals surface area (Å²) in [6, 6.07) is 14.0. The number of amidine groups is 1. The summed E-state index contributed by atoms with van der Waals surface area (Å²) in [5.41, 5.74) is 4.93. The molecule has 1 saturated heterocycles. The van der Waals surface area contributed by atoms with E-state index < -0.39 is 9.84 Å². The lowest BCUT2D eigenvalue weighted by Gasteiger charge is -2.26. The van der Waals surface area contributed by atoms with Gasteiger partial charge in [0, 0.05) is 17.3 Å². The first-order valence-corrected chi connectivity index (χ1v) is 12.5.